The van der Waals surface area contributed by atoms with E-state index in [0.29, 0.717) is 10.9 Å². The Labute approximate surface area is 73.0 Å². The second-order valence-electron chi connectivity index (χ2n) is 2.30. The lowest BCUT2D eigenvalue weighted by atomic mass is 10.2. The third-order valence-corrected chi connectivity index (χ3v) is 1.79. The van der Waals surface area contributed by atoms with E-state index in [1.54, 1.807) is 0 Å². The zero-order valence-corrected chi connectivity index (χ0v) is 6.64. The van der Waals surface area contributed by atoms with Crippen molar-refractivity contribution in [3.05, 3.63) is 35.5 Å². The van der Waals surface area contributed by atoms with Crippen LogP contribution < -0.4 is 0 Å². The van der Waals surface area contributed by atoms with E-state index in [0.717, 1.165) is 0 Å². The quantitative estimate of drug-likeness (QED) is 0.623. The minimum absolute atomic E-state index is 0.0644. The highest BCUT2D eigenvalue weighted by molar-refractivity contribution is 6.31. The molecule has 0 aliphatic heterocycles. The molecule has 0 bridgehead atoms. The molecule has 0 N–H and O–H groups in total. The van der Waals surface area contributed by atoms with Crippen LogP contribution in [0.5, 0.6) is 0 Å². The van der Waals surface area contributed by atoms with Crippen molar-refractivity contribution < 1.29 is 4.39 Å². The van der Waals surface area contributed by atoms with Crippen LogP contribution in [0.1, 0.15) is 0 Å². The van der Waals surface area contributed by atoms with Gasteiger partial charge in [0.1, 0.15) is 5.82 Å². The molecular weight excluding hydrogens is 179 g/mol. The van der Waals surface area contributed by atoms with Crippen molar-refractivity contribution in [2.24, 2.45) is 0 Å². The molecule has 2 nitrogen and oxygen atoms in total. The summed E-state index contributed by atoms with van der Waals surface area (Å²) in [5.74, 6) is -0.459. The molecule has 0 atom stereocenters. The van der Waals surface area contributed by atoms with Gasteiger partial charge in [0, 0.05) is 11.6 Å². The Morgan fingerprint density at radius 1 is 1.42 bits per heavy atom. The first-order valence-electron chi connectivity index (χ1n) is 3.25. The lowest BCUT2D eigenvalue weighted by molar-refractivity contribution is 0.630. The summed E-state index contributed by atoms with van der Waals surface area (Å²) in [6.07, 6.45) is 3.89. The molecule has 4 heteroatoms. The summed E-state index contributed by atoms with van der Waals surface area (Å²) in [5, 5.41) is 0.685. The van der Waals surface area contributed by atoms with Crippen molar-refractivity contribution in [2.75, 3.05) is 0 Å². The van der Waals surface area contributed by atoms with Crippen molar-refractivity contribution in [1.29, 1.82) is 0 Å². The summed E-state index contributed by atoms with van der Waals surface area (Å²) in [6, 6.07) is 2.75. The molecule has 0 spiro atoms. The van der Waals surface area contributed by atoms with Gasteiger partial charge < -0.3 is 0 Å². The monoisotopic (exact) mass is 181 g/mol. The zero-order chi connectivity index (χ0) is 8.55. The topological polar surface area (TPSA) is 25.8 Å². The van der Waals surface area contributed by atoms with Gasteiger partial charge >= 0.3 is 0 Å². The Kier molecular flexibility index (Phi) is 1.66. The van der Waals surface area contributed by atoms with Crippen LogP contribution in [0.2, 0.25) is 5.02 Å². The van der Waals surface area contributed by atoms with Gasteiger partial charge in [-0.3, -0.25) is 0 Å². The zero-order valence-electron chi connectivity index (χ0n) is 5.88. The van der Waals surface area contributed by atoms with E-state index in [9.17, 15) is 4.39 Å². The van der Waals surface area contributed by atoms with Crippen molar-refractivity contribution in [3.8, 4) is 0 Å². The van der Waals surface area contributed by atoms with Crippen LogP contribution in [0.25, 0.3) is 10.9 Å². The number of benzene rings is 1. The highest BCUT2D eigenvalue weighted by Crippen LogP contribution is 2.19. The molecule has 0 saturated heterocycles. The third-order valence-electron chi connectivity index (χ3n) is 1.50. The molecule has 1 aromatic heterocycles. The van der Waals surface area contributed by atoms with Gasteiger partial charge in [-0.05, 0) is 12.1 Å². The molecule has 12 heavy (non-hydrogen) atoms. The smallest absolute Gasteiger partial charge is 0.198 e. The summed E-state index contributed by atoms with van der Waals surface area (Å²) >= 11 is 5.54. The Balaban J connectivity index is 2.84. The minimum Gasteiger partial charge on any atom is -0.233 e. The fourth-order valence-corrected chi connectivity index (χ4v) is 1.09. The molecule has 0 aliphatic rings. The molecule has 1 heterocycles. The van der Waals surface area contributed by atoms with Crippen LogP contribution in [0.15, 0.2) is 18.3 Å². The van der Waals surface area contributed by atoms with Crippen molar-refractivity contribution in [3.63, 3.8) is 0 Å². The van der Waals surface area contributed by atoms with Gasteiger partial charge in [-0.15, -0.1) is 0 Å². The summed E-state index contributed by atoms with van der Waals surface area (Å²) in [4.78, 5) is 7.43. The molecule has 0 fully saturated rings. The molecule has 59 valence electrons. The first-order chi connectivity index (χ1) is 5.77. The van der Waals surface area contributed by atoms with E-state index in [4.69, 9.17) is 11.6 Å². The van der Waals surface area contributed by atoms with Gasteiger partial charge in [0.05, 0.1) is 10.5 Å². The Morgan fingerprint density at radius 3 is 3.08 bits per heavy atom. The number of nitrogens with zero attached hydrogens (tertiary/aromatic N) is 2. The average Bonchev–Trinajstić information content (AvgIpc) is 2.07. The predicted octanol–water partition coefficient (Wildman–Crippen LogP) is 2.22. The van der Waals surface area contributed by atoms with Crippen LogP contribution in [-0.4, -0.2) is 9.97 Å². The standard InChI is InChI=1S/C8H3ClFN2/c9-6-2-8-5(1-7(6)10)3-11-4-12-8/h1-3H. The van der Waals surface area contributed by atoms with Gasteiger partial charge in [-0.25, -0.2) is 14.4 Å². The van der Waals surface area contributed by atoms with E-state index in [2.05, 4.69) is 16.3 Å². The van der Waals surface area contributed by atoms with Gasteiger partial charge in [0.2, 0.25) is 0 Å². The summed E-state index contributed by atoms with van der Waals surface area (Å²) in [7, 11) is 0. The molecule has 2 rings (SSSR count). The lowest BCUT2D eigenvalue weighted by Crippen LogP contribution is -1.83. The number of aromatic nitrogens is 2. The second kappa shape index (κ2) is 2.68. The van der Waals surface area contributed by atoms with Gasteiger partial charge in [-0.2, -0.15) is 0 Å². The van der Waals surface area contributed by atoms with E-state index in [1.165, 1.54) is 18.3 Å². The maximum absolute atomic E-state index is 12.9. The maximum atomic E-state index is 12.9. The molecular formula is C8H3ClFN2. The van der Waals surface area contributed by atoms with Gasteiger partial charge in [0.25, 0.3) is 0 Å². The molecule has 2 aromatic rings. The number of fused-ring (bicyclic) bond motifs is 1. The Hall–Kier alpha value is -1.22. The number of hydrogen-bond donors (Lipinski definition) is 0. The Bertz CT molecular complexity index is 390. The van der Waals surface area contributed by atoms with Crippen LogP contribution in [0.3, 0.4) is 0 Å². The minimum atomic E-state index is -0.459. The second-order valence-corrected chi connectivity index (χ2v) is 2.70. The first kappa shape index (κ1) is 7.43. The third kappa shape index (κ3) is 1.12. The maximum Gasteiger partial charge on any atom is 0.198 e. The number of rotatable bonds is 0. The SMILES string of the molecule is Fc1cc2cn[c]nc2cc1Cl. The van der Waals surface area contributed by atoms with Crippen molar-refractivity contribution in [2.45, 2.75) is 0 Å². The van der Waals surface area contributed by atoms with Gasteiger partial charge in [0.15, 0.2) is 6.33 Å². The Morgan fingerprint density at radius 2 is 2.25 bits per heavy atom. The molecule has 0 aliphatic carbocycles. The highest BCUT2D eigenvalue weighted by Gasteiger charge is 2.02. The van der Waals surface area contributed by atoms with Gasteiger partial charge in [-0.1, -0.05) is 11.6 Å². The highest BCUT2D eigenvalue weighted by atomic mass is 35.5. The van der Waals surface area contributed by atoms with E-state index in [1.807, 2.05) is 0 Å². The molecule has 0 saturated carbocycles. The molecule has 0 amide bonds. The summed E-state index contributed by atoms with van der Waals surface area (Å²) in [5.41, 5.74) is 0.594. The number of halogens is 2. The van der Waals surface area contributed by atoms with Crippen LogP contribution in [-0.2, 0) is 0 Å². The molecule has 0 unspecified atom stereocenters. The van der Waals surface area contributed by atoms with Crippen LogP contribution >= 0.6 is 11.6 Å². The number of hydrogen-bond acceptors (Lipinski definition) is 2. The van der Waals surface area contributed by atoms with E-state index < -0.39 is 5.82 Å². The molecule has 1 aromatic carbocycles. The average molecular weight is 182 g/mol. The van der Waals surface area contributed by atoms with Crippen LogP contribution in [0.4, 0.5) is 4.39 Å². The van der Waals surface area contributed by atoms with Crippen LogP contribution in [0, 0.1) is 12.1 Å². The van der Waals surface area contributed by atoms with Crippen molar-refractivity contribution >= 4 is 22.5 Å². The molecule has 1 radical (unpaired) electrons. The normalized spacial score (nSPS) is 10.5. The predicted molar refractivity (Wildman–Crippen MR) is 43.3 cm³/mol. The summed E-state index contributed by atoms with van der Waals surface area (Å²) in [6.45, 7) is 0. The largest absolute Gasteiger partial charge is 0.233 e. The fraction of sp³-hybridized carbons (Fsp3) is 0. The lowest BCUT2D eigenvalue weighted by Gasteiger charge is -1.96. The van der Waals surface area contributed by atoms with E-state index in [-0.39, 0.29) is 5.02 Å². The van der Waals surface area contributed by atoms with E-state index >= 15 is 0 Å². The first-order valence-corrected chi connectivity index (χ1v) is 3.63. The fourth-order valence-electron chi connectivity index (χ4n) is 0.933. The summed E-state index contributed by atoms with van der Waals surface area (Å²) < 4.78 is 12.9. The van der Waals surface area contributed by atoms with Crippen molar-refractivity contribution in [1.82, 2.24) is 9.97 Å².